The summed E-state index contributed by atoms with van der Waals surface area (Å²) in [5.74, 6) is -1.70. The third kappa shape index (κ3) is 3.68. The maximum Gasteiger partial charge on any atom is 0.636 e. The quantitative estimate of drug-likeness (QED) is 0.615. The molecule has 1 heterocycles. The molecule has 2 aliphatic rings. The van der Waals surface area contributed by atoms with Crippen molar-refractivity contribution < 1.29 is 23.7 Å². The zero-order valence-electron chi connectivity index (χ0n) is 11.6. The first kappa shape index (κ1) is 14.7. The van der Waals surface area contributed by atoms with E-state index in [0.29, 0.717) is 6.42 Å². The van der Waals surface area contributed by atoms with Crippen LogP contribution in [0, 0.1) is 6.82 Å². The predicted octanol–water partition coefficient (Wildman–Crippen LogP) is 1.70. The Morgan fingerprint density at radius 3 is 2.15 bits per heavy atom. The highest BCUT2D eigenvalue weighted by molar-refractivity contribution is 6.99. The molecule has 0 aromatic heterocycles. The van der Waals surface area contributed by atoms with Crippen molar-refractivity contribution in [3.63, 3.8) is 0 Å². The summed E-state index contributed by atoms with van der Waals surface area (Å²) in [6, 6.07) is 0.0413. The highest BCUT2D eigenvalue weighted by Gasteiger charge is 2.49. The summed E-state index contributed by atoms with van der Waals surface area (Å²) in [6.45, 7) is 0.732. The van der Waals surface area contributed by atoms with E-state index in [1.807, 2.05) is 0 Å². The van der Waals surface area contributed by atoms with E-state index in [1.165, 1.54) is 0 Å². The van der Waals surface area contributed by atoms with Crippen LogP contribution in [0.5, 0.6) is 0 Å². The molecule has 6 nitrogen and oxygen atoms in total. The summed E-state index contributed by atoms with van der Waals surface area (Å²) >= 11 is 0. The number of rotatable bonds is 2. The van der Waals surface area contributed by atoms with Crippen molar-refractivity contribution in [2.24, 2.45) is 0 Å². The molecule has 0 radical (unpaired) electrons. The van der Waals surface area contributed by atoms with Gasteiger partial charge >= 0.3 is 6.55 Å². The highest BCUT2D eigenvalue weighted by atomic mass is 16.7. The molecule has 0 atom stereocenters. The van der Waals surface area contributed by atoms with Crippen LogP contribution in [0.25, 0.3) is 0 Å². The second-order valence-electron chi connectivity index (χ2n) is 5.55. The maximum absolute atomic E-state index is 12.2. The van der Waals surface area contributed by atoms with Crippen molar-refractivity contribution in [1.82, 2.24) is 5.32 Å². The largest absolute Gasteiger partial charge is 0.636 e. The van der Waals surface area contributed by atoms with E-state index in [-0.39, 0.29) is 18.9 Å². The van der Waals surface area contributed by atoms with Gasteiger partial charge in [-0.05, 0) is 26.1 Å². The van der Waals surface area contributed by atoms with Crippen molar-refractivity contribution in [1.29, 1.82) is 0 Å². The lowest BCUT2D eigenvalue weighted by Gasteiger charge is -2.33. The standard InChI is InChI=1S/C13H20BNO5/c1-14(13(18)15-10-6-3-2-4-7-10)19-11(16)8-5-9-12(17)20-14/h10H,1-9H2,(H,15,18). The molecule has 1 aliphatic heterocycles. The van der Waals surface area contributed by atoms with Crippen LogP contribution in [-0.2, 0) is 18.9 Å². The summed E-state index contributed by atoms with van der Waals surface area (Å²) < 4.78 is 10.0. The van der Waals surface area contributed by atoms with Crippen LogP contribution >= 0.6 is 0 Å². The molecule has 2 fully saturated rings. The summed E-state index contributed by atoms with van der Waals surface area (Å²) in [5.41, 5.74) is 0. The third-order valence-electron chi connectivity index (χ3n) is 3.76. The second-order valence-corrected chi connectivity index (χ2v) is 5.55. The van der Waals surface area contributed by atoms with Gasteiger partial charge < -0.3 is 19.4 Å². The molecule has 110 valence electrons. The predicted molar refractivity (Wildman–Crippen MR) is 72.6 cm³/mol. The molecular weight excluding hydrogens is 261 g/mol. The van der Waals surface area contributed by atoms with Crippen LogP contribution in [-0.4, -0.2) is 30.3 Å². The molecule has 1 amide bonds. The lowest BCUT2D eigenvalue weighted by atomic mass is 9.58. The molecule has 20 heavy (non-hydrogen) atoms. The minimum absolute atomic E-state index is 0.0413. The van der Waals surface area contributed by atoms with Crippen molar-refractivity contribution in [3.8, 4) is 0 Å². The molecule has 1 saturated heterocycles. The zero-order valence-corrected chi connectivity index (χ0v) is 11.6. The lowest BCUT2D eigenvalue weighted by molar-refractivity contribution is -0.143. The molecule has 2 rings (SSSR count). The lowest BCUT2D eigenvalue weighted by Crippen LogP contribution is -2.58. The van der Waals surface area contributed by atoms with E-state index in [0.717, 1.165) is 32.1 Å². The van der Waals surface area contributed by atoms with Gasteiger partial charge in [-0.15, -0.1) is 0 Å². The van der Waals surface area contributed by atoms with Crippen LogP contribution in [0.1, 0.15) is 51.4 Å². The van der Waals surface area contributed by atoms with Crippen LogP contribution in [0.4, 0.5) is 4.79 Å². The molecule has 0 bridgehead atoms. The number of carbonyl (C=O) groups excluding carboxylic acids is 3. The van der Waals surface area contributed by atoms with Crippen molar-refractivity contribution in [3.05, 3.63) is 6.82 Å². The van der Waals surface area contributed by atoms with Gasteiger partial charge in [0.1, 0.15) is 0 Å². The number of hydrogen-bond acceptors (Lipinski definition) is 5. The maximum atomic E-state index is 12.2. The van der Waals surface area contributed by atoms with Crippen LogP contribution in [0.2, 0.25) is 0 Å². The van der Waals surface area contributed by atoms with Crippen LogP contribution < -0.4 is 5.32 Å². The van der Waals surface area contributed by atoms with Gasteiger partial charge in [-0.2, -0.15) is 0 Å². The fourth-order valence-electron chi connectivity index (χ4n) is 2.63. The monoisotopic (exact) mass is 281 g/mol. The topological polar surface area (TPSA) is 81.7 Å². The van der Waals surface area contributed by atoms with E-state index in [2.05, 4.69) is 12.1 Å². The van der Waals surface area contributed by atoms with Gasteiger partial charge in [-0.3, -0.25) is 9.59 Å². The zero-order chi connectivity index (χ0) is 14.6. The second kappa shape index (κ2) is 6.20. The average Bonchev–Trinajstić information content (AvgIpc) is 2.38. The Kier molecular flexibility index (Phi) is 4.57. The average molecular weight is 281 g/mol. The van der Waals surface area contributed by atoms with Gasteiger partial charge in [-0.1, -0.05) is 19.3 Å². The first-order valence-corrected chi connectivity index (χ1v) is 7.25. The molecule has 0 unspecified atom stereocenters. The fourth-order valence-corrected chi connectivity index (χ4v) is 2.63. The molecule has 7 heteroatoms. The van der Waals surface area contributed by atoms with Gasteiger partial charge in [0.05, 0.1) is 0 Å². The van der Waals surface area contributed by atoms with Crippen molar-refractivity contribution in [2.45, 2.75) is 57.4 Å². The first-order valence-electron chi connectivity index (χ1n) is 7.25. The molecule has 0 aromatic rings. The summed E-state index contributed by atoms with van der Waals surface area (Å²) in [4.78, 5) is 35.3. The van der Waals surface area contributed by atoms with Crippen LogP contribution in [0.3, 0.4) is 0 Å². The summed E-state index contributed by atoms with van der Waals surface area (Å²) in [7, 11) is 0. The van der Waals surface area contributed by atoms with E-state index in [1.54, 1.807) is 0 Å². The normalized spacial score (nSPS) is 24.0. The molecule has 1 saturated carbocycles. The van der Waals surface area contributed by atoms with Crippen molar-refractivity contribution in [2.75, 3.05) is 0 Å². The van der Waals surface area contributed by atoms with Crippen molar-refractivity contribution >= 4 is 24.3 Å². The minimum atomic E-state index is -2.83. The number of hydrogen-bond donors (Lipinski definition) is 1. The van der Waals surface area contributed by atoms with E-state index >= 15 is 0 Å². The Morgan fingerprint density at radius 1 is 1.05 bits per heavy atom. The molecule has 0 spiro atoms. The molecular formula is C13H20BNO5. The molecule has 0 aromatic carbocycles. The molecule has 1 aliphatic carbocycles. The fraction of sp³-hybridized carbons (Fsp3) is 0.692. The van der Waals surface area contributed by atoms with Gasteiger partial charge in [0.2, 0.25) is 5.81 Å². The van der Waals surface area contributed by atoms with Gasteiger partial charge in [-0.25, -0.2) is 0 Å². The third-order valence-corrected chi connectivity index (χ3v) is 3.76. The summed E-state index contributed by atoms with van der Waals surface area (Å²) in [5, 5.41) is 2.79. The Balaban J connectivity index is 2.02. The van der Waals surface area contributed by atoms with Gasteiger partial charge in [0.15, 0.2) is 0 Å². The van der Waals surface area contributed by atoms with E-state index < -0.39 is 24.3 Å². The number of carbonyl (C=O) groups is 3. The Bertz CT molecular complexity index is 388. The number of amides is 1. The van der Waals surface area contributed by atoms with Crippen LogP contribution in [0.15, 0.2) is 0 Å². The molecule has 1 N–H and O–H groups in total. The Labute approximate surface area is 118 Å². The smallest absolute Gasteiger partial charge is 0.610 e. The SMILES string of the molecule is [CH2+][B-]1(C(=O)NC2CCCCC2)OC(=O)CCCC(=O)O1. The minimum Gasteiger partial charge on any atom is -0.610 e. The van der Waals surface area contributed by atoms with Gasteiger partial charge in [0, 0.05) is 18.9 Å². The number of nitrogens with one attached hydrogen (secondary N) is 1. The Morgan fingerprint density at radius 2 is 1.60 bits per heavy atom. The highest BCUT2D eigenvalue weighted by Crippen LogP contribution is 2.20. The van der Waals surface area contributed by atoms with Gasteiger partial charge in [0.25, 0.3) is 11.9 Å². The first-order chi connectivity index (χ1) is 9.49. The van der Waals surface area contributed by atoms with E-state index in [9.17, 15) is 14.4 Å². The summed E-state index contributed by atoms with van der Waals surface area (Å²) in [6.07, 6.45) is 5.63. The van der Waals surface area contributed by atoms with E-state index in [4.69, 9.17) is 9.31 Å². The Hall–Kier alpha value is -1.66.